The number of rotatable bonds is 1. The van der Waals surface area contributed by atoms with Crippen LogP contribution in [0, 0.1) is 4.91 Å². The Balaban J connectivity index is 2.35. The molecule has 0 amide bonds. The van der Waals surface area contributed by atoms with Crippen molar-refractivity contribution in [1.82, 2.24) is 4.76 Å². The van der Waals surface area contributed by atoms with Crippen molar-refractivity contribution in [2.45, 2.75) is 14.8 Å². The number of hydrogen-bond acceptors (Lipinski definition) is 1. The Morgan fingerprint density at radius 1 is 0.889 bits per heavy atom. The van der Waals surface area contributed by atoms with Crippen LogP contribution in [0.15, 0.2) is 42.5 Å². The summed E-state index contributed by atoms with van der Waals surface area (Å²) in [7, 11) is 0. The van der Waals surface area contributed by atoms with E-state index in [2.05, 4.69) is 33.0 Å². The predicted octanol–water partition coefficient (Wildman–Crippen LogP) is 3.81. The molecule has 1 heterocycles. The third-order valence-corrected chi connectivity index (χ3v) is 9.22. The van der Waals surface area contributed by atoms with Gasteiger partial charge in [0.25, 0.3) is 0 Å². The van der Waals surface area contributed by atoms with Crippen molar-refractivity contribution in [3.8, 4) is 11.1 Å². The molecule has 0 aromatic heterocycles. The van der Waals surface area contributed by atoms with Crippen LogP contribution in [0.25, 0.3) is 11.1 Å². The predicted molar refractivity (Wildman–Crippen MR) is 79.7 cm³/mol. The zero-order chi connectivity index (χ0) is 12.9. The molecule has 18 heavy (non-hydrogen) atoms. The molecule has 0 saturated heterocycles. The number of fused-ring (bicyclic) bond motifs is 3. The molecular formula is C15H16NOSn+. The summed E-state index contributed by atoms with van der Waals surface area (Å²) in [6.07, 6.45) is 0. The van der Waals surface area contributed by atoms with Crippen molar-refractivity contribution in [3.63, 3.8) is 0 Å². The first-order valence-corrected chi connectivity index (χ1v) is 16.2. The zero-order valence-electron chi connectivity index (χ0n) is 10.9. The van der Waals surface area contributed by atoms with E-state index in [9.17, 15) is 4.91 Å². The minimum absolute atomic E-state index is 0.787. The van der Waals surface area contributed by atoms with Crippen LogP contribution in [0.1, 0.15) is 0 Å². The van der Waals surface area contributed by atoms with Gasteiger partial charge in [0.05, 0.1) is 0 Å². The molecule has 0 aliphatic carbocycles. The van der Waals surface area contributed by atoms with Crippen molar-refractivity contribution >= 4 is 33.3 Å². The summed E-state index contributed by atoms with van der Waals surface area (Å²) in [5.74, 6) is 0. The molecule has 0 bridgehead atoms. The summed E-state index contributed by atoms with van der Waals surface area (Å²) >= 11 is -2.27. The Labute approximate surface area is 111 Å². The number of nitrogens with zero attached hydrogens (tertiary/aromatic N) is 1. The minimum atomic E-state index is -2.27. The van der Waals surface area contributed by atoms with Gasteiger partial charge in [0.1, 0.15) is 0 Å². The zero-order valence-corrected chi connectivity index (χ0v) is 13.8. The second kappa shape index (κ2) is 3.92. The molecule has 1 aliphatic rings. The number of para-hydroxylation sites is 2. The van der Waals surface area contributed by atoms with E-state index in [-0.39, 0.29) is 0 Å². The Hall–Kier alpha value is -1.16. The van der Waals surface area contributed by atoms with Crippen LogP contribution in [0.5, 0.6) is 0 Å². The molecule has 2 aromatic rings. The van der Waals surface area contributed by atoms with Gasteiger partial charge in [-0.05, 0) is 0 Å². The van der Waals surface area contributed by atoms with Crippen molar-refractivity contribution in [3.05, 3.63) is 47.4 Å². The molecule has 1 aliphatic heterocycles. The number of nitroso groups, excluding NO2 is 1. The number of hydrogen-bond donors (Lipinski definition) is 0. The van der Waals surface area contributed by atoms with E-state index in [0.29, 0.717) is 0 Å². The van der Waals surface area contributed by atoms with Gasteiger partial charge in [0.2, 0.25) is 0 Å². The Morgan fingerprint density at radius 2 is 1.56 bits per heavy atom. The van der Waals surface area contributed by atoms with E-state index in [4.69, 9.17) is 0 Å². The van der Waals surface area contributed by atoms with Crippen LogP contribution in [0.4, 0.5) is 11.4 Å². The first-order valence-electron chi connectivity index (χ1n) is 6.20. The van der Waals surface area contributed by atoms with E-state index < -0.39 is 18.4 Å². The van der Waals surface area contributed by atoms with Crippen LogP contribution in [0.3, 0.4) is 0 Å². The van der Waals surface area contributed by atoms with Gasteiger partial charge in [-0.15, -0.1) is 0 Å². The molecule has 2 nitrogen and oxygen atoms in total. The Kier molecular flexibility index (Phi) is 2.59. The first-order chi connectivity index (χ1) is 8.50. The molecule has 3 heteroatoms. The topological polar surface area (TPSA) is 20.1 Å². The van der Waals surface area contributed by atoms with Crippen molar-refractivity contribution < 1.29 is 0 Å². The number of benzene rings is 2. The van der Waals surface area contributed by atoms with Gasteiger partial charge >= 0.3 is 111 Å². The van der Waals surface area contributed by atoms with Crippen molar-refractivity contribution in [2.24, 2.45) is 0 Å². The summed E-state index contributed by atoms with van der Waals surface area (Å²) in [6.45, 7) is 0. The van der Waals surface area contributed by atoms with Gasteiger partial charge in [-0.2, -0.15) is 0 Å². The molecule has 0 atom stereocenters. The molecule has 0 saturated carbocycles. The standard InChI is InChI=1S/C12H7NO.3CH3.Sn/c14-13-11-7-3-1-5-9(11)10-6-2-4-8-12(10)13;;;;/h1-7H;3*1H3;/q+1;;;;. The van der Waals surface area contributed by atoms with Gasteiger partial charge < -0.3 is 0 Å². The van der Waals surface area contributed by atoms with E-state index >= 15 is 0 Å². The first kappa shape index (κ1) is 11.9. The molecule has 0 spiro atoms. The second-order valence-electron chi connectivity index (χ2n) is 5.76. The average Bonchev–Trinajstić information content (AvgIpc) is 2.63. The van der Waals surface area contributed by atoms with E-state index in [1.807, 2.05) is 24.3 Å². The summed E-state index contributed by atoms with van der Waals surface area (Å²) < 4.78 is 2.44. The molecule has 0 unspecified atom stereocenters. The SMILES string of the molecule is [CH3][Sn]([CH3])([CH3])[c]1cccc2c1[N+](=O)c1ccccc1-2. The monoisotopic (exact) mass is 346 g/mol. The maximum absolute atomic E-state index is 12.5. The Morgan fingerprint density at radius 3 is 2.28 bits per heavy atom. The quantitative estimate of drug-likeness (QED) is 0.485. The van der Waals surface area contributed by atoms with Gasteiger partial charge in [-0.3, -0.25) is 0 Å². The fraction of sp³-hybridized carbons (Fsp3) is 0.200. The average molecular weight is 345 g/mol. The molecule has 0 fully saturated rings. The van der Waals surface area contributed by atoms with Crippen LogP contribution in [-0.4, -0.2) is 18.4 Å². The molecule has 0 N–H and O–H groups in total. The van der Waals surface area contributed by atoms with E-state index in [1.165, 1.54) is 3.58 Å². The van der Waals surface area contributed by atoms with Crippen LogP contribution >= 0.6 is 0 Å². The van der Waals surface area contributed by atoms with E-state index in [1.54, 1.807) is 0 Å². The molecule has 3 rings (SSSR count). The normalized spacial score (nSPS) is 13.4. The molecular weight excluding hydrogens is 329 g/mol. The molecule has 0 radical (unpaired) electrons. The van der Waals surface area contributed by atoms with Crippen LogP contribution < -0.4 is 8.34 Å². The molecule has 2 aromatic carbocycles. The van der Waals surface area contributed by atoms with Gasteiger partial charge in [0, 0.05) is 0 Å². The fourth-order valence-electron chi connectivity index (χ4n) is 2.58. The Bertz CT molecular complexity index is 656. The third kappa shape index (κ3) is 1.62. The van der Waals surface area contributed by atoms with Gasteiger partial charge in [-0.1, -0.05) is 0 Å². The fourth-order valence-corrected chi connectivity index (χ4v) is 6.99. The van der Waals surface area contributed by atoms with Crippen LogP contribution in [0.2, 0.25) is 14.8 Å². The third-order valence-electron chi connectivity index (χ3n) is 3.46. The molecule has 90 valence electrons. The summed E-state index contributed by atoms with van der Waals surface area (Å²) in [6, 6.07) is 14.2. The van der Waals surface area contributed by atoms with Crippen molar-refractivity contribution in [1.29, 1.82) is 0 Å². The summed E-state index contributed by atoms with van der Waals surface area (Å²) in [5, 5.41) is 0. The van der Waals surface area contributed by atoms with Gasteiger partial charge in [0.15, 0.2) is 0 Å². The van der Waals surface area contributed by atoms with Crippen LogP contribution in [-0.2, 0) is 0 Å². The summed E-state index contributed by atoms with van der Waals surface area (Å²) in [4.78, 5) is 19.6. The maximum atomic E-state index is 12.5. The van der Waals surface area contributed by atoms with E-state index in [0.717, 1.165) is 27.3 Å². The van der Waals surface area contributed by atoms with Gasteiger partial charge in [-0.25, -0.2) is 0 Å². The summed E-state index contributed by atoms with van der Waals surface area (Å²) in [5.41, 5.74) is 3.86. The second-order valence-corrected chi connectivity index (χ2v) is 20.1. The van der Waals surface area contributed by atoms with Crippen molar-refractivity contribution in [2.75, 3.05) is 0 Å².